The van der Waals surface area contributed by atoms with Crippen LogP contribution in [0.1, 0.15) is 46.1 Å². The fraction of sp³-hybridized carbons (Fsp3) is 0.433. The van der Waals surface area contributed by atoms with Crippen LogP contribution in [-0.4, -0.2) is 67.8 Å². The molecule has 0 N–H and O–H groups in total. The van der Waals surface area contributed by atoms with E-state index in [1.54, 1.807) is 11.0 Å². The van der Waals surface area contributed by atoms with Crippen molar-refractivity contribution < 1.29 is 42.9 Å². The third-order valence-corrected chi connectivity index (χ3v) is 12.3. The fourth-order valence-electron chi connectivity index (χ4n) is 5.48. The van der Waals surface area contributed by atoms with Gasteiger partial charge in [0, 0.05) is 22.0 Å². The molecular formula is C30H33NO9S3. The normalized spacial score (nSPS) is 18.4. The van der Waals surface area contributed by atoms with Crippen molar-refractivity contribution in [1.82, 2.24) is 0 Å². The third-order valence-electron chi connectivity index (χ3n) is 7.60. The number of carbonyl (C=O) groups excluding carboxylic acids is 5. The van der Waals surface area contributed by atoms with Gasteiger partial charge in [-0.2, -0.15) is 0 Å². The molecule has 4 rings (SSSR count). The van der Waals surface area contributed by atoms with Crippen LogP contribution in [0.3, 0.4) is 0 Å². The van der Waals surface area contributed by atoms with Crippen molar-refractivity contribution in [2.45, 2.75) is 50.2 Å². The van der Waals surface area contributed by atoms with E-state index in [0.29, 0.717) is 34.6 Å². The average molecular weight is 648 g/mol. The summed E-state index contributed by atoms with van der Waals surface area (Å²) in [5.41, 5.74) is 0.606. The molecule has 0 atom stereocenters. The Morgan fingerprint density at radius 2 is 1.26 bits per heavy atom. The Balaban J connectivity index is 2.14. The van der Waals surface area contributed by atoms with Crippen LogP contribution in [-0.2, 0) is 42.9 Å². The van der Waals surface area contributed by atoms with E-state index in [2.05, 4.69) is 0 Å². The van der Waals surface area contributed by atoms with Gasteiger partial charge in [0.2, 0.25) is 5.91 Å². The Morgan fingerprint density at radius 1 is 0.767 bits per heavy atom. The van der Waals surface area contributed by atoms with Crippen molar-refractivity contribution in [1.29, 1.82) is 0 Å². The fourth-order valence-corrected chi connectivity index (χ4v) is 10.5. The highest BCUT2D eigenvalue weighted by Gasteiger charge is 2.61. The summed E-state index contributed by atoms with van der Waals surface area (Å²) < 4.78 is 18.8. The molecule has 1 aromatic carbocycles. The number of thioether (sulfide) groups is 3. The lowest BCUT2D eigenvalue weighted by Crippen LogP contribution is -2.55. The first-order valence-electron chi connectivity index (χ1n) is 13.5. The Morgan fingerprint density at radius 3 is 1.74 bits per heavy atom. The van der Waals surface area contributed by atoms with Crippen molar-refractivity contribution in [3.05, 3.63) is 55.0 Å². The van der Waals surface area contributed by atoms with Crippen molar-refractivity contribution in [3.8, 4) is 0 Å². The number of benzene rings is 1. The smallest absolute Gasteiger partial charge is 0.345 e. The second kappa shape index (κ2) is 12.4. The molecule has 13 heteroatoms. The maximum absolute atomic E-state index is 14.2. The molecule has 3 heterocycles. The molecule has 0 aliphatic carbocycles. The topological polar surface area (TPSA) is 126 Å². The molecule has 0 bridgehead atoms. The number of para-hydroxylation sites is 1. The minimum atomic E-state index is -1.60. The van der Waals surface area contributed by atoms with Crippen LogP contribution >= 0.6 is 35.3 Å². The van der Waals surface area contributed by atoms with Crippen LogP contribution in [0.15, 0.2) is 49.5 Å². The monoisotopic (exact) mass is 647 g/mol. The van der Waals surface area contributed by atoms with Crippen LogP contribution in [0.25, 0.3) is 5.57 Å². The second-order valence-corrected chi connectivity index (χ2v) is 13.9. The second-order valence-electron chi connectivity index (χ2n) is 10.2. The number of nitrogens with zero attached hydrogens (tertiary/aromatic N) is 1. The zero-order valence-electron chi connectivity index (χ0n) is 25.1. The summed E-state index contributed by atoms with van der Waals surface area (Å²) in [7, 11) is 4.73. The van der Waals surface area contributed by atoms with Gasteiger partial charge in [0.1, 0.15) is 18.8 Å². The van der Waals surface area contributed by atoms with Gasteiger partial charge in [-0.05, 0) is 32.8 Å². The first kappa shape index (κ1) is 32.7. The van der Waals surface area contributed by atoms with Gasteiger partial charge in [-0.3, -0.25) is 4.79 Å². The summed E-state index contributed by atoms with van der Waals surface area (Å²) in [5.74, 6) is -3.62. The third kappa shape index (κ3) is 5.08. The highest BCUT2D eigenvalue weighted by Crippen LogP contribution is 2.71. The largest absolute Gasteiger partial charge is 0.466 e. The number of amides is 1. The quantitative estimate of drug-likeness (QED) is 0.291. The average Bonchev–Trinajstić information content (AvgIpc) is 3.40. The SMILES string of the molecule is CCC(CC)C(=O)N1c2ccccc2C2=C(SC(C(=O)OC)=C(C(=O)OC)C23SC(C(=O)OC)=C(C(=O)OC)S3)C1(C)C. The Kier molecular flexibility index (Phi) is 9.48. The van der Waals surface area contributed by atoms with Gasteiger partial charge in [-0.1, -0.05) is 67.3 Å². The maximum Gasteiger partial charge on any atom is 0.345 e. The van der Waals surface area contributed by atoms with Gasteiger partial charge in [0.05, 0.1) is 45.2 Å². The Hall–Kier alpha value is -3.16. The van der Waals surface area contributed by atoms with Gasteiger partial charge in [-0.15, -0.1) is 0 Å². The van der Waals surface area contributed by atoms with Gasteiger partial charge >= 0.3 is 23.9 Å². The lowest BCUT2D eigenvalue weighted by atomic mass is 9.82. The molecule has 0 radical (unpaired) electrons. The predicted molar refractivity (Wildman–Crippen MR) is 167 cm³/mol. The highest BCUT2D eigenvalue weighted by atomic mass is 32.2. The van der Waals surface area contributed by atoms with Crippen molar-refractivity contribution in [3.63, 3.8) is 0 Å². The molecule has 0 saturated carbocycles. The first-order valence-corrected chi connectivity index (χ1v) is 15.9. The summed E-state index contributed by atoms with van der Waals surface area (Å²) in [4.78, 5) is 69.5. The molecule has 3 aliphatic rings. The van der Waals surface area contributed by atoms with Gasteiger partial charge in [-0.25, -0.2) is 19.2 Å². The number of ether oxygens (including phenoxy) is 4. The molecule has 230 valence electrons. The summed E-state index contributed by atoms with van der Waals surface area (Å²) in [6.45, 7) is 7.67. The molecule has 0 saturated heterocycles. The maximum atomic E-state index is 14.2. The van der Waals surface area contributed by atoms with Crippen LogP contribution < -0.4 is 4.90 Å². The van der Waals surface area contributed by atoms with Crippen LogP contribution in [0.5, 0.6) is 0 Å². The molecular weight excluding hydrogens is 615 g/mol. The van der Waals surface area contributed by atoms with Crippen LogP contribution in [0.2, 0.25) is 0 Å². The van der Waals surface area contributed by atoms with E-state index in [4.69, 9.17) is 18.9 Å². The van der Waals surface area contributed by atoms with Gasteiger partial charge < -0.3 is 23.8 Å². The molecule has 1 spiro atoms. The lowest BCUT2D eigenvalue weighted by Gasteiger charge is -2.51. The lowest BCUT2D eigenvalue weighted by molar-refractivity contribution is -0.138. The van der Waals surface area contributed by atoms with Crippen LogP contribution in [0.4, 0.5) is 5.69 Å². The number of rotatable bonds is 7. The minimum Gasteiger partial charge on any atom is -0.466 e. The molecule has 10 nitrogen and oxygen atoms in total. The predicted octanol–water partition coefficient (Wildman–Crippen LogP) is 5.04. The molecule has 3 aliphatic heterocycles. The summed E-state index contributed by atoms with van der Waals surface area (Å²) in [6, 6.07) is 7.27. The van der Waals surface area contributed by atoms with E-state index in [1.807, 2.05) is 45.9 Å². The standard InChI is InChI=1S/C30H33NO9S3/c1-9-15(10-2)24(32)31-17-14-12-11-13-16(17)18-23(29(31,3)4)41-20(26(34)38-6)19(25(33)37-5)30(18)42-21(27(35)39-7)22(43-30)28(36)40-8/h11-15H,9-10H2,1-8H3. The number of hydrogen-bond acceptors (Lipinski definition) is 12. The number of esters is 4. The zero-order valence-corrected chi connectivity index (χ0v) is 27.6. The number of anilines is 1. The molecule has 1 aromatic rings. The van der Waals surface area contributed by atoms with E-state index in [1.165, 1.54) is 28.4 Å². The van der Waals surface area contributed by atoms with E-state index in [-0.39, 0.29) is 32.1 Å². The van der Waals surface area contributed by atoms with E-state index >= 15 is 0 Å². The van der Waals surface area contributed by atoms with E-state index < -0.39 is 33.5 Å². The molecule has 43 heavy (non-hydrogen) atoms. The van der Waals surface area contributed by atoms with Crippen molar-refractivity contribution in [2.75, 3.05) is 33.3 Å². The van der Waals surface area contributed by atoms with Crippen LogP contribution in [0, 0.1) is 5.92 Å². The summed E-state index contributed by atoms with van der Waals surface area (Å²) in [6.07, 6.45) is 1.26. The Labute approximate surface area is 262 Å². The number of methoxy groups -OCH3 is 4. The van der Waals surface area contributed by atoms with Gasteiger partial charge in [0.25, 0.3) is 0 Å². The number of hydrogen-bond donors (Lipinski definition) is 0. The van der Waals surface area contributed by atoms with E-state index in [0.717, 1.165) is 35.3 Å². The van der Waals surface area contributed by atoms with Crippen molar-refractivity contribution in [2.24, 2.45) is 5.92 Å². The first-order chi connectivity index (χ1) is 20.4. The summed E-state index contributed by atoms with van der Waals surface area (Å²) >= 11 is 2.83. The highest BCUT2D eigenvalue weighted by molar-refractivity contribution is 8.26. The summed E-state index contributed by atoms with van der Waals surface area (Å²) in [5, 5.41) is 0. The van der Waals surface area contributed by atoms with Gasteiger partial charge in [0.15, 0.2) is 0 Å². The molecule has 0 aromatic heterocycles. The number of carbonyl (C=O) groups is 5. The molecule has 0 fully saturated rings. The molecule has 1 amide bonds. The Bertz CT molecular complexity index is 1480. The zero-order chi connectivity index (χ0) is 31.9. The minimum absolute atomic E-state index is 0.0779. The number of fused-ring (bicyclic) bond motifs is 3. The van der Waals surface area contributed by atoms with Crippen molar-refractivity contribution >= 4 is 76.3 Å². The van der Waals surface area contributed by atoms with E-state index in [9.17, 15) is 24.0 Å². The molecule has 0 unspecified atom stereocenters.